The Balaban J connectivity index is 1.78. The van der Waals surface area contributed by atoms with E-state index in [0.717, 1.165) is 12.8 Å². The number of nitrogens with zero attached hydrogens (tertiary/aromatic N) is 4. The van der Waals surface area contributed by atoms with Crippen LogP contribution in [-0.4, -0.2) is 54.4 Å². The number of aromatic nitrogens is 1. The van der Waals surface area contributed by atoms with E-state index in [1.807, 2.05) is 24.8 Å². The number of nitrogens with one attached hydrogen (secondary N) is 1. The molecule has 2 fully saturated rings. The molecular formula is C30H34F3N5O3. The molecule has 41 heavy (non-hydrogen) atoms. The molecule has 2 amide bonds. The van der Waals surface area contributed by atoms with Gasteiger partial charge in [0.05, 0.1) is 18.2 Å². The Bertz CT molecular complexity index is 1440. The topological polar surface area (TPSA) is 99.7 Å². The number of piperidine rings is 1. The summed E-state index contributed by atoms with van der Waals surface area (Å²) in [5.74, 6) is -0.800. The number of amides is 2. The van der Waals surface area contributed by atoms with Crippen molar-refractivity contribution < 1.29 is 27.5 Å². The zero-order valence-corrected chi connectivity index (χ0v) is 23.8. The third kappa shape index (κ3) is 5.60. The maximum atomic E-state index is 14.9. The summed E-state index contributed by atoms with van der Waals surface area (Å²) in [7, 11) is 3.00. The fourth-order valence-electron chi connectivity index (χ4n) is 6.40. The van der Waals surface area contributed by atoms with Crippen LogP contribution in [0.2, 0.25) is 0 Å². The minimum Gasteiger partial charge on any atom is -0.495 e. The fourth-order valence-corrected chi connectivity index (χ4v) is 6.40. The SMILES string of the molecule is C=Nc1c(/C(=C(\C)NC(=O)c2ccc(OC)c(C#N)c2)C(F)(F)F)c(C2C3CCC2CN(C(=O)C(C)C)C3)cn1C. The van der Waals surface area contributed by atoms with E-state index in [1.54, 1.807) is 13.2 Å². The summed E-state index contributed by atoms with van der Waals surface area (Å²) >= 11 is 0. The zero-order valence-electron chi connectivity index (χ0n) is 23.8. The van der Waals surface area contributed by atoms with Crippen molar-refractivity contribution in [2.24, 2.45) is 29.8 Å². The van der Waals surface area contributed by atoms with E-state index in [4.69, 9.17) is 4.74 Å². The van der Waals surface area contributed by atoms with E-state index < -0.39 is 23.4 Å². The van der Waals surface area contributed by atoms with Crippen molar-refractivity contribution in [3.63, 3.8) is 0 Å². The monoisotopic (exact) mass is 569 g/mol. The summed E-state index contributed by atoms with van der Waals surface area (Å²) in [6.07, 6.45) is -1.54. The minimum atomic E-state index is -4.84. The smallest absolute Gasteiger partial charge is 0.418 e. The fraction of sp³-hybridized carbons (Fsp3) is 0.467. The number of nitriles is 1. The third-order valence-electron chi connectivity index (χ3n) is 8.12. The lowest BCUT2D eigenvalue weighted by molar-refractivity contribution is -0.136. The van der Waals surface area contributed by atoms with Gasteiger partial charge in [0.1, 0.15) is 17.6 Å². The lowest BCUT2D eigenvalue weighted by Gasteiger charge is -2.39. The van der Waals surface area contributed by atoms with Crippen LogP contribution >= 0.6 is 0 Å². The van der Waals surface area contributed by atoms with Gasteiger partial charge >= 0.3 is 6.18 Å². The molecule has 2 bridgehead atoms. The highest BCUT2D eigenvalue weighted by atomic mass is 19.4. The Kier molecular flexibility index (Phi) is 8.34. The van der Waals surface area contributed by atoms with Gasteiger partial charge in [0.2, 0.25) is 5.91 Å². The normalized spacial score (nSPS) is 20.9. The highest BCUT2D eigenvalue weighted by Gasteiger charge is 2.48. The molecule has 1 aromatic heterocycles. The van der Waals surface area contributed by atoms with Crippen LogP contribution in [0.1, 0.15) is 66.6 Å². The molecule has 1 aliphatic carbocycles. The highest BCUT2D eigenvalue weighted by Crippen LogP contribution is 2.53. The minimum absolute atomic E-state index is 0.00310. The number of allylic oxidation sites excluding steroid dienone is 2. The van der Waals surface area contributed by atoms with Crippen LogP contribution in [0.25, 0.3) is 5.57 Å². The number of rotatable bonds is 7. The lowest BCUT2D eigenvalue weighted by Crippen LogP contribution is -2.45. The molecule has 8 nitrogen and oxygen atoms in total. The highest BCUT2D eigenvalue weighted by molar-refractivity contribution is 5.97. The third-order valence-corrected chi connectivity index (χ3v) is 8.12. The Morgan fingerprint density at radius 3 is 2.37 bits per heavy atom. The summed E-state index contributed by atoms with van der Waals surface area (Å²) in [5, 5.41) is 11.8. The Hall–Kier alpha value is -4.07. The molecule has 1 aromatic carbocycles. The van der Waals surface area contributed by atoms with Gasteiger partial charge in [0, 0.05) is 49.1 Å². The summed E-state index contributed by atoms with van der Waals surface area (Å²) in [6.45, 7) is 9.42. The maximum Gasteiger partial charge on any atom is 0.418 e. The molecule has 2 heterocycles. The number of hydrogen-bond donors (Lipinski definition) is 1. The number of hydrogen-bond acceptors (Lipinski definition) is 5. The Labute approximate surface area is 237 Å². The van der Waals surface area contributed by atoms with Crippen LogP contribution in [0.4, 0.5) is 19.0 Å². The molecule has 2 unspecified atom stereocenters. The zero-order chi connectivity index (χ0) is 30.2. The average Bonchev–Trinajstić information content (AvgIpc) is 3.36. The molecule has 11 heteroatoms. The average molecular weight is 570 g/mol. The number of methoxy groups -OCH3 is 1. The first-order valence-electron chi connectivity index (χ1n) is 13.4. The Morgan fingerprint density at radius 2 is 1.85 bits per heavy atom. The van der Waals surface area contributed by atoms with Gasteiger partial charge in [-0.25, -0.2) is 4.99 Å². The van der Waals surface area contributed by atoms with E-state index in [0.29, 0.717) is 18.7 Å². The standard InChI is InChI=1S/C30H34F3N5O3/c1-16(2)29(40)38-13-19-7-8-20(14-38)24(19)22-15-37(5)27(35-4)25(22)26(30(31,32)33)17(3)36-28(39)18-9-10-23(41-6)21(11-18)12-34/h9-11,15-16,19-20,24H,4,7-8,13-14H2,1-3,5-6H3,(H,36,39)/b26-17-. The van der Waals surface area contributed by atoms with E-state index in [1.165, 1.54) is 36.8 Å². The summed E-state index contributed by atoms with van der Waals surface area (Å²) in [6, 6.07) is 5.98. The van der Waals surface area contributed by atoms with Gasteiger partial charge in [0.15, 0.2) is 0 Å². The van der Waals surface area contributed by atoms with E-state index in [2.05, 4.69) is 17.0 Å². The molecule has 2 atom stereocenters. The largest absolute Gasteiger partial charge is 0.495 e. The van der Waals surface area contributed by atoms with E-state index in [9.17, 15) is 28.0 Å². The van der Waals surface area contributed by atoms with Gasteiger partial charge in [-0.1, -0.05) is 13.8 Å². The number of aryl methyl sites for hydroxylation is 1. The molecule has 2 aliphatic rings. The van der Waals surface area contributed by atoms with E-state index >= 15 is 0 Å². The number of aliphatic imine (C=N–C) groups is 1. The van der Waals surface area contributed by atoms with Crippen LogP contribution < -0.4 is 10.1 Å². The molecule has 1 saturated heterocycles. The molecular weight excluding hydrogens is 535 g/mol. The maximum absolute atomic E-state index is 14.9. The molecule has 1 N–H and O–H groups in total. The molecule has 2 aromatic rings. The molecule has 1 saturated carbocycles. The van der Waals surface area contributed by atoms with Gasteiger partial charge in [-0.05, 0) is 68.0 Å². The molecule has 0 radical (unpaired) electrons. The number of halogens is 3. The second-order valence-corrected chi connectivity index (χ2v) is 11.1. The first-order valence-corrected chi connectivity index (χ1v) is 13.4. The number of alkyl halides is 3. The predicted molar refractivity (Wildman–Crippen MR) is 149 cm³/mol. The molecule has 1 aliphatic heterocycles. The summed E-state index contributed by atoms with van der Waals surface area (Å²) in [4.78, 5) is 31.6. The number of fused-ring (bicyclic) bond motifs is 2. The van der Waals surface area contributed by atoms with Crippen LogP contribution in [0.3, 0.4) is 0 Å². The van der Waals surface area contributed by atoms with E-state index in [-0.39, 0.29) is 57.8 Å². The van der Waals surface area contributed by atoms with Crippen LogP contribution in [0.5, 0.6) is 5.75 Å². The lowest BCUT2D eigenvalue weighted by atomic mass is 9.78. The molecule has 0 spiro atoms. The predicted octanol–water partition coefficient (Wildman–Crippen LogP) is 5.57. The van der Waals surface area contributed by atoms with Crippen molar-refractivity contribution in [1.29, 1.82) is 5.26 Å². The Morgan fingerprint density at radius 1 is 1.22 bits per heavy atom. The summed E-state index contributed by atoms with van der Waals surface area (Å²) in [5.41, 5.74) is -0.910. The van der Waals surface area contributed by atoms with Gasteiger partial charge in [-0.3, -0.25) is 9.59 Å². The summed E-state index contributed by atoms with van der Waals surface area (Å²) < 4.78 is 51.2. The van der Waals surface area contributed by atoms with Crippen molar-refractivity contribution in [2.75, 3.05) is 20.2 Å². The van der Waals surface area contributed by atoms with Crippen molar-refractivity contribution in [3.8, 4) is 11.8 Å². The number of likely N-dealkylation sites (tertiary alicyclic amines) is 1. The first kappa shape index (κ1) is 29.9. The van der Waals surface area contributed by atoms with Gasteiger partial charge in [-0.15, -0.1) is 0 Å². The van der Waals surface area contributed by atoms with Gasteiger partial charge in [-0.2, -0.15) is 18.4 Å². The number of carbonyl (C=O) groups is 2. The van der Waals surface area contributed by atoms with Gasteiger partial charge in [0.25, 0.3) is 5.91 Å². The second kappa shape index (κ2) is 11.4. The van der Waals surface area contributed by atoms with Crippen molar-refractivity contribution in [3.05, 3.63) is 52.3 Å². The molecule has 4 rings (SSSR count). The van der Waals surface area contributed by atoms with Gasteiger partial charge < -0.3 is 19.5 Å². The van der Waals surface area contributed by atoms with Crippen LogP contribution in [0, 0.1) is 29.1 Å². The second-order valence-electron chi connectivity index (χ2n) is 11.1. The van der Waals surface area contributed by atoms with Crippen LogP contribution in [-0.2, 0) is 11.8 Å². The van der Waals surface area contributed by atoms with Crippen molar-refractivity contribution in [2.45, 2.75) is 45.7 Å². The van der Waals surface area contributed by atoms with Crippen molar-refractivity contribution in [1.82, 2.24) is 14.8 Å². The molecule has 218 valence electrons. The number of ether oxygens (including phenoxy) is 1. The number of benzene rings is 1. The van der Waals surface area contributed by atoms with Crippen molar-refractivity contribution >= 4 is 29.9 Å². The van der Waals surface area contributed by atoms with Crippen LogP contribution in [0.15, 0.2) is 35.1 Å². The number of carbonyl (C=O) groups excluding carboxylic acids is 2. The first-order chi connectivity index (χ1) is 19.3. The quantitative estimate of drug-likeness (QED) is 0.441.